The molecule has 7 nitrogen and oxygen atoms in total. The Morgan fingerprint density at radius 1 is 1.16 bits per heavy atom. The third-order valence-electron chi connectivity index (χ3n) is 6.32. The Balaban J connectivity index is 1.62. The van der Waals surface area contributed by atoms with Crippen LogP contribution in [-0.4, -0.2) is 21.3 Å². The molecule has 6 rings (SSSR count). The van der Waals surface area contributed by atoms with E-state index in [2.05, 4.69) is 25.8 Å². The summed E-state index contributed by atoms with van der Waals surface area (Å²) in [6.45, 7) is 3.74. The number of benzene rings is 1. The minimum Gasteiger partial charge on any atom is -0.445 e. The number of rotatable bonds is 5. The predicted octanol–water partition coefficient (Wildman–Crippen LogP) is 5.18. The van der Waals surface area contributed by atoms with Gasteiger partial charge in [0.15, 0.2) is 0 Å². The Labute approximate surface area is 184 Å². The van der Waals surface area contributed by atoms with E-state index in [0.717, 1.165) is 35.3 Å². The first-order chi connectivity index (χ1) is 15.6. The molecule has 4 heterocycles. The zero-order valence-electron chi connectivity index (χ0n) is 17.7. The van der Waals surface area contributed by atoms with E-state index in [9.17, 15) is 0 Å². The Hall–Kier alpha value is -3.68. The molecular formula is C24H22FN5O2. The Morgan fingerprint density at radius 2 is 2.03 bits per heavy atom. The van der Waals surface area contributed by atoms with Crippen molar-refractivity contribution in [2.45, 2.75) is 38.5 Å². The molecule has 2 aliphatic rings. The molecule has 32 heavy (non-hydrogen) atoms. The lowest BCUT2D eigenvalue weighted by molar-refractivity contribution is 0.222. The second-order valence-corrected chi connectivity index (χ2v) is 8.49. The van der Waals surface area contributed by atoms with Gasteiger partial charge < -0.3 is 19.6 Å². The number of anilines is 2. The smallest absolute Gasteiger partial charge is 0.241 e. The van der Waals surface area contributed by atoms with Crippen LogP contribution in [0.4, 0.5) is 15.8 Å². The summed E-state index contributed by atoms with van der Waals surface area (Å²) in [6.07, 6.45) is 8.33. The van der Waals surface area contributed by atoms with Crippen molar-refractivity contribution in [1.29, 1.82) is 0 Å². The van der Waals surface area contributed by atoms with Crippen molar-refractivity contribution in [3.05, 3.63) is 77.6 Å². The SMILES string of the molecule is Cc1noc(C)c1-c1cc2c(c(C(F)(c3cccnc3)c3ncco3)c1)NC(C1CC1)N2. The predicted molar refractivity (Wildman–Crippen MR) is 117 cm³/mol. The average Bonchev–Trinajstić information content (AvgIpc) is 3.19. The van der Waals surface area contributed by atoms with Crippen LogP contribution < -0.4 is 10.6 Å². The standard InChI is InChI=1S/C24H22FN5O2/c1-13-20(14(2)32-30-13)16-10-18(21-19(11-16)28-22(29-21)15-5-6-15)24(25,23-27-8-9-31-23)17-4-3-7-26-12-17/h3-4,7-12,15,22,28-29H,5-6H2,1-2H3. The van der Waals surface area contributed by atoms with Gasteiger partial charge in [0.2, 0.25) is 11.6 Å². The van der Waals surface area contributed by atoms with Crippen molar-refractivity contribution in [2.75, 3.05) is 10.6 Å². The van der Waals surface area contributed by atoms with E-state index in [-0.39, 0.29) is 12.1 Å². The molecule has 0 spiro atoms. The van der Waals surface area contributed by atoms with Crippen LogP contribution in [0.5, 0.6) is 0 Å². The highest BCUT2D eigenvalue weighted by Gasteiger charge is 2.46. The van der Waals surface area contributed by atoms with Crippen molar-refractivity contribution < 1.29 is 13.3 Å². The summed E-state index contributed by atoms with van der Waals surface area (Å²) in [4.78, 5) is 8.38. The molecule has 1 aliphatic heterocycles. The number of nitrogens with zero attached hydrogens (tertiary/aromatic N) is 3. The maximum absolute atomic E-state index is 17.3. The minimum atomic E-state index is -2.15. The van der Waals surface area contributed by atoms with Gasteiger partial charge in [-0.1, -0.05) is 11.2 Å². The molecule has 2 atom stereocenters. The van der Waals surface area contributed by atoms with Crippen molar-refractivity contribution >= 4 is 11.4 Å². The molecule has 4 aromatic rings. The van der Waals surface area contributed by atoms with Gasteiger partial charge in [-0.25, -0.2) is 9.37 Å². The monoisotopic (exact) mass is 431 g/mol. The van der Waals surface area contributed by atoms with Gasteiger partial charge in [-0.05, 0) is 56.4 Å². The first kappa shape index (κ1) is 19.0. The van der Waals surface area contributed by atoms with Crippen molar-refractivity contribution in [3.8, 4) is 11.1 Å². The zero-order valence-corrected chi connectivity index (χ0v) is 17.7. The molecule has 2 unspecified atom stereocenters. The third kappa shape index (κ3) is 2.82. The number of oxazole rings is 1. The molecule has 3 aromatic heterocycles. The molecule has 2 N–H and O–H groups in total. The van der Waals surface area contributed by atoms with Crippen LogP contribution in [0.3, 0.4) is 0 Å². The largest absolute Gasteiger partial charge is 0.445 e. The fourth-order valence-electron chi connectivity index (χ4n) is 4.60. The van der Waals surface area contributed by atoms with Crippen LogP contribution in [0.1, 0.15) is 41.3 Å². The number of aryl methyl sites for hydroxylation is 2. The molecule has 0 saturated heterocycles. The Bertz CT molecular complexity index is 1260. The third-order valence-corrected chi connectivity index (χ3v) is 6.32. The lowest BCUT2D eigenvalue weighted by Crippen LogP contribution is -2.27. The summed E-state index contributed by atoms with van der Waals surface area (Å²) >= 11 is 0. The zero-order chi connectivity index (χ0) is 21.9. The number of pyridine rings is 1. The highest BCUT2D eigenvalue weighted by molar-refractivity contribution is 5.86. The first-order valence-corrected chi connectivity index (χ1v) is 10.7. The molecular weight excluding hydrogens is 409 g/mol. The molecule has 0 amide bonds. The molecule has 0 radical (unpaired) electrons. The van der Waals surface area contributed by atoms with Gasteiger partial charge >= 0.3 is 0 Å². The van der Waals surface area contributed by atoms with Crippen molar-refractivity contribution in [1.82, 2.24) is 15.1 Å². The fraction of sp³-hybridized carbons (Fsp3) is 0.292. The maximum atomic E-state index is 17.3. The van der Waals surface area contributed by atoms with Crippen molar-refractivity contribution in [2.24, 2.45) is 5.92 Å². The van der Waals surface area contributed by atoms with Gasteiger partial charge in [0, 0.05) is 29.1 Å². The molecule has 1 aromatic carbocycles. The molecule has 162 valence electrons. The van der Waals surface area contributed by atoms with Gasteiger partial charge in [-0.2, -0.15) is 0 Å². The highest BCUT2D eigenvalue weighted by Crippen LogP contribution is 2.51. The molecule has 1 fully saturated rings. The summed E-state index contributed by atoms with van der Waals surface area (Å²) in [6, 6.07) is 7.28. The van der Waals surface area contributed by atoms with E-state index >= 15 is 4.39 Å². The highest BCUT2D eigenvalue weighted by atomic mass is 19.1. The van der Waals surface area contributed by atoms with Crippen molar-refractivity contribution in [3.63, 3.8) is 0 Å². The molecule has 0 bridgehead atoms. The molecule has 1 aliphatic carbocycles. The van der Waals surface area contributed by atoms with Crippen LogP contribution in [-0.2, 0) is 5.67 Å². The summed E-state index contributed by atoms with van der Waals surface area (Å²) < 4.78 is 28.3. The normalized spacial score (nSPS) is 19.2. The maximum Gasteiger partial charge on any atom is 0.241 e. The van der Waals surface area contributed by atoms with Crippen LogP contribution in [0.15, 0.2) is 58.1 Å². The van der Waals surface area contributed by atoms with Gasteiger partial charge in [0.1, 0.15) is 12.0 Å². The molecule has 1 saturated carbocycles. The first-order valence-electron chi connectivity index (χ1n) is 10.7. The van der Waals surface area contributed by atoms with E-state index < -0.39 is 5.67 Å². The van der Waals surface area contributed by atoms with E-state index in [0.29, 0.717) is 28.5 Å². The van der Waals surface area contributed by atoms with E-state index in [4.69, 9.17) is 8.94 Å². The van der Waals surface area contributed by atoms with Gasteiger partial charge in [0.25, 0.3) is 0 Å². The number of aromatic nitrogens is 3. The lowest BCUT2D eigenvalue weighted by Gasteiger charge is -2.26. The van der Waals surface area contributed by atoms with Gasteiger partial charge in [0.05, 0.1) is 29.4 Å². The number of fused-ring (bicyclic) bond motifs is 1. The summed E-state index contributed by atoms with van der Waals surface area (Å²) in [7, 11) is 0. The number of halogens is 1. The van der Waals surface area contributed by atoms with E-state index in [1.54, 1.807) is 18.3 Å². The Kier molecular flexibility index (Phi) is 4.11. The van der Waals surface area contributed by atoms with Crippen LogP contribution >= 0.6 is 0 Å². The Morgan fingerprint density at radius 3 is 2.69 bits per heavy atom. The minimum absolute atomic E-state index is 0.0414. The van der Waals surface area contributed by atoms with E-state index in [1.165, 1.54) is 18.7 Å². The fourth-order valence-corrected chi connectivity index (χ4v) is 4.60. The quantitative estimate of drug-likeness (QED) is 0.450. The average molecular weight is 431 g/mol. The molecule has 8 heteroatoms. The number of hydrogen-bond acceptors (Lipinski definition) is 7. The number of hydrogen-bond donors (Lipinski definition) is 2. The number of nitrogens with one attached hydrogen (secondary N) is 2. The second-order valence-electron chi connectivity index (χ2n) is 8.49. The topological polar surface area (TPSA) is 89.0 Å². The second kappa shape index (κ2) is 6.91. The van der Waals surface area contributed by atoms with Crippen LogP contribution in [0.25, 0.3) is 11.1 Å². The van der Waals surface area contributed by atoms with Crippen LogP contribution in [0, 0.1) is 19.8 Å². The summed E-state index contributed by atoms with van der Waals surface area (Å²) in [5.41, 5.74) is 2.58. The lowest BCUT2D eigenvalue weighted by atomic mass is 9.85. The van der Waals surface area contributed by atoms with E-state index in [1.807, 2.05) is 26.0 Å². The van der Waals surface area contributed by atoms with Gasteiger partial charge in [-0.15, -0.1) is 0 Å². The van der Waals surface area contributed by atoms with Gasteiger partial charge in [-0.3, -0.25) is 4.98 Å². The summed E-state index contributed by atoms with van der Waals surface area (Å²) in [5.74, 6) is 1.16. The summed E-state index contributed by atoms with van der Waals surface area (Å²) in [5, 5.41) is 11.2. The number of alkyl halides is 1. The van der Waals surface area contributed by atoms with Crippen LogP contribution in [0.2, 0.25) is 0 Å².